The van der Waals surface area contributed by atoms with Crippen LogP contribution in [0.2, 0.25) is 0 Å². The Kier molecular flexibility index (Phi) is 3.75. The van der Waals surface area contributed by atoms with Gasteiger partial charge in [0, 0.05) is 18.1 Å². The van der Waals surface area contributed by atoms with Crippen molar-refractivity contribution in [3.8, 4) is 0 Å². The van der Waals surface area contributed by atoms with Crippen molar-refractivity contribution in [2.75, 3.05) is 18.1 Å². The van der Waals surface area contributed by atoms with Crippen molar-refractivity contribution < 1.29 is 14.4 Å². The molecular formula is C12H16N2O3S. The lowest BCUT2D eigenvalue weighted by molar-refractivity contribution is -0.157. The topological polar surface area (TPSA) is 66.5 Å². The monoisotopic (exact) mass is 268 g/mol. The van der Waals surface area contributed by atoms with Crippen molar-refractivity contribution in [3.05, 3.63) is 12.7 Å². The van der Waals surface area contributed by atoms with E-state index >= 15 is 0 Å². The van der Waals surface area contributed by atoms with Crippen LogP contribution in [0.15, 0.2) is 12.7 Å². The molecule has 2 rings (SSSR count). The van der Waals surface area contributed by atoms with Gasteiger partial charge in [-0.2, -0.15) is 11.8 Å². The molecule has 6 heteroatoms. The smallest absolute Gasteiger partial charge is 0.277 e. The number of nitrogens with one attached hydrogen (secondary N) is 1. The second-order valence-electron chi connectivity index (χ2n) is 4.52. The molecule has 0 unspecified atom stereocenters. The Morgan fingerprint density at radius 1 is 1.39 bits per heavy atom. The minimum absolute atomic E-state index is 0.318. The zero-order valence-corrected chi connectivity index (χ0v) is 10.9. The van der Waals surface area contributed by atoms with Crippen LogP contribution in [0.3, 0.4) is 0 Å². The van der Waals surface area contributed by atoms with Crippen LogP contribution in [0, 0.1) is 5.41 Å². The lowest BCUT2D eigenvalue weighted by atomic mass is 9.66. The first-order valence-electron chi connectivity index (χ1n) is 5.98. The molecule has 1 N–H and O–H groups in total. The molecule has 0 aromatic rings. The summed E-state index contributed by atoms with van der Waals surface area (Å²) < 4.78 is 0. The lowest BCUT2D eigenvalue weighted by Gasteiger charge is -2.44. The maximum Gasteiger partial charge on any atom is 0.330 e. The molecule has 0 bridgehead atoms. The molecule has 0 aromatic heterocycles. The van der Waals surface area contributed by atoms with E-state index in [1.165, 1.54) is 4.90 Å². The predicted molar refractivity (Wildman–Crippen MR) is 69.1 cm³/mol. The number of imide groups is 2. The maximum atomic E-state index is 12.2. The van der Waals surface area contributed by atoms with E-state index in [0.717, 1.165) is 12.2 Å². The van der Waals surface area contributed by atoms with E-state index in [9.17, 15) is 14.4 Å². The third-order valence-electron chi connectivity index (χ3n) is 3.46. The van der Waals surface area contributed by atoms with Gasteiger partial charge in [-0.15, -0.1) is 6.58 Å². The second-order valence-corrected chi connectivity index (χ2v) is 5.67. The largest absolute Gasteiger partial charge is 0.330 e. The fraction of sp³-hybridized carbons (Fsp3) is 0.583. The van der Waals surface area contributed by atoms with E-state index in [-0.39, 0.29) is 5.91 Å². The number of carbonyl (C=O) groups is 3. The third-order valence-corrected chi connectivity index (χ3v) is 4.40. The molecular weight excluding hydrogens is 252 g/mol. The maximum absolute atomic E-state index is 12.2. The van der Waals surface area contributed by atoms with E-state index in [1.54, 1.807) is 17.8 Å². The van der Waals surface area contributed by atoms with Crippen LogP contribution in [0.5, 0.6) is 0 Å². The number of hydrogen-bond acceptors (Lipinski definition) is 4. The summed E-state index contributed by atoms with van der Waals surface area (Å²) >= 11 is 1.60. The first-order chi connectivity index (χ1) is 8.62. The van der Waals surface area contributed by atoms with E-state index in [0.29, 0.717) is 25.1 Å². The van der Waals surface area contributed by atoms with Crippen LogP contribution in [0.4, 0.5) is 4.79 Å². The predicted octanol–water partition coefficient (Wildman–Crippen LogP) is 1.15. The zero-order valence-electron chi connectivity index (χ0n) is 10.1. The Balaban J connectivity index is 2.00. The van der Waals surface area contributed by atoms with Crippen molar-refractivity contribution in [2.45, 2.75) is 19.3 Å². The van der Waals surface area contributed by atoms with Crippen LogP contribution < -0.4 is 5.32 Å². The van der Waals surface area contributed by atoms with Crippen LogP contribution in [-0.2, 0) is 9.59 Å². The number of nitrogens with zero attached hydrogens (tertiary/aromatic N) is 1. The molecule has 1 spiro atoms. The minimum atomic E-state index is -0.947. The summed E-state index contributed by atoms with van der Waals surface area (Å²) in [5.74, 6) is 0.712. The fourth-order valence-electron chi connectivity index (χ4n) is 2.23. The summed E-state index contributed by atoms with van der Waals surface area (Å²) in [5, 5.41) is 2.29. The quantitative estimate of drug-likeness (QED) is 0.461. The van der Waals surface area contributed by atoms with Gasteiger partial charge in [-0.25, -0.2) is 4.79 Å². The highest BCUT2D eigenvalue weighted by molar-refractivity contribution is 7.99. The standard InChI is InChI=1S/C12H16N2O3S/c1-2-7-18-8-6-14-10(16)12(4-3-5-12)9(15)13-11(14)17/h2H,1,3-8H2,(H,13,15,17). The molecule has 2 aliphatic rings. The normalized spacial score (nSPS) is 21.8. The van der Waals surface area contributed by atoms with Gasteiger partial charge in [0.1, 0.15) is 5.41 Å². The van der Waals surface area contributed by atoms with E-state index in [4.69, 9.17) is 0 Å². The molecule has 0 radical (unpaired) electrons. The molecule has 1 aliphatic heterocycles. The van der Waals surface area contributed by atoms with Gasteiger partial charge < -0.3 is 0 Å². The van der Waals surface area contributed by atoms with Gasteiger partial charge in [-0.3, -0.25) is 19.8 Å². The third kappa shape index (κ3) is 2.05. The molecule has 18 heavy (non-hydrogen) atoms. The Morgan fingerprint density at radius 3 is 2.67 bits per heavy atom. The highest BCUT2D eigenvalue weighted by atomic mass is 32.2. The zero-order chi connectivity index (χ0) is 13.2. The Hall–Kier alpha value is -1.30. The van der Waals surface area contributed by atoms with Gasteiger partial charge in [-0.1, -0.05) is 12.5 Å². The van der Waals surface area contributed by atoms with Crippen molar-refractivity contribution in [3.63, 3.8) is 0 Å². The number of rotatable bonds is 5. The fourth-order valence-corrected chi connectivity index (χ4v) is 2.87. The van der Waals surface area contributed by atoms with Gasteiger partial charge in [0.15, 0.2) is 0 Å². The molecule has 98 valence electrons. The van der Waals surface area contributed by atoms with Crippen molar-refractivity contribution in [1.82, 2.24) is 10.2 Å². The summed E-state index contributed by atoms with van der Waals surface area (Å²) in [6, 6.07) is -0.582. The summed E-state index contributed by atoms with van der Waals surface area (Å²) in [6.45, 7) is 3.95. The molecule has 1 saturated carbocycles. The molecule has 1 saturated heterocycles. The number of thioether (sulfide) groups is 1. The van der Waals surface area contributed by atoms with Gasteiger partial charge in [-0.05, 0) is 12.8 Å². The molecule has 1 heterocycles. The molecule has 1 aliphatic carbocycles. The highest BCUT2D eigenvalue weighted by Gasteiger charge is 2.57. The number of carbonyl (C=O) groups excluding carboxylic acids is 3. The Labute approximate surface area is 110 Å². The summed E-state index contributed by atoms with van der Waals surface area (Å²) in [7, 11) is 0. The van der Waals surface area contributed by atoms with Crippen LogP contribution >= 0.6 is 11.8 Å². The Bertz CT molecular complexity index is 404. The average Bonchev–Trinajstić information content (AvgIpc) is 2.25. The molecule has 4 amide bonds. The SMILES string of the molecule is C=CCSCCN1C(=O)NC(=O)C2(CCC2)C1=O. The van der Waals surface area contributed by atoms with Crippen LogP contribution in [-0.4, -0.2) is 40.8 Å². The summed E-state index contributed by atoms with van der Waals surface area (Å²) in [6.07, 6.45) is 3.76. The highest BCUT2D eigenvalue weighted by Crippen LogP contribution is 2.44. The van der Waals surface area contributed by atoms with E-state index in [1.807, 2.05) is 0 Å². The minimum Gasteiger partial charge on any atom is -0.277 e. The number of barbiturate groups is 1. The second kappa shape index (κ2) is 5.14. The molecule has 0 aromatic carbocycles. The van der Waals surface area contributed by atoms with Gasteiger partial charge in [0.2, 0.25) is 11.8 Å². The first-order valence-corrected chi connectivity index (χ1v) is 7.13. The van der Waals surface area contributed by atoms with Crippen molar-refractivity contribution in [1.29, 1.82) is 0 Å². The summed E-state index contributed by atoms with van der Waals surface area (Å²) in [5.41, 5.74) is -0.947. The molecule has 5 nitrogen and oxygen atoms in total. The number of hydrogen-bond donors (Lipinski definition) is 1. The lowest BCUT2D eigenvalue weighted by Crippen LogP contribution is -2.66. The van der Waals surface area contributed by atoms with Crippen LogP contribution in [0.25, 0.3) is 0 Å². The summed E-state index contributed by atoms with van der Waals surface area (Å²) in [4.78, 5) is 36.8. The van der Waals surface area contributed by atoms with Crippen LogP contribution in [0.1, 0.15) is 19.3 Å². The van der Waals surface area contributed by atoms with Gasteiger partial charge in [0.25, 0.3) is 0 Å². The van der Waals surface area contributed by atoms with E-state index < -0.39 is 17.4 Å². The first kappa shape index (κ1) is 13.1. The van der Waals surface area contributed by atoms with Gasteiger partial charge >= 0.3 is 6.03 Å². The molecule has 0 atom stereocenters. The molecule has 2 fully saturated rings. The number of urea groups is 1. The Morgan fingerprint density at radius 2 is 2.11 bits per heavy atom. The number of amides is 4. The van der Waals surface area contributed by atoms with E-state index in [2.05, 4.69) is 11.9 Å². The van der Waals surface area contributed by atoms with Crippen molar-refractivity contribution in [2.24, 2.45) is 5.41 Å². The average molecular weight is 268 g/mol. The van der Waals surface area contributed by atoms with Gasteiger partial charge in [0.05, 0.1) is 0 Å². The van der Waals surface area contributed by atoms with Crippen molar-refractivity contribution >= 4 is 29.6 Å².